The van der Waals surface area contributed by atoms with E-state index in [-0.39, 0.29) is 0 Å². The number of hydrogen-bond acceptors (Lipinski definition) is 3. The number of carbonyl (C=O) groups is 2. The normalized spacial score (nSPS) is 11.9. The number of hydrogen-bond donors (Lipinski definition) is 0. The predicted molar refractivity (Wildman–Crippen MR) is 72.6 cm³/mol. The summed E-state index contributed by atoms with van der Waals surface area (Å²) < 4.78 is 81.3. The number of carbonyl (C=O) groups excluding carboxylic acids is 2. The molecule has 0 aliphatic heterocycles. The molecule has 0 aliphatic carbocycles. The van der Waals surface area contributed by atoms with E-state index < -0.39 is 46.5 Å². The summed E-state index contributed by atoms with van der Waals surface area (Å²) in [6.07, 6.45) is -9.80. The second-order valence-corrected chi connectivity index (χ2v) is 4.76. The second kappa shape index (κ2) is 6.58. The van der Waals surface area contributed by atoms with Crippen molar-refractivity contribution in [3.05, 3.63) is 70.8 Å². The lowest BCUT2D eigenvalue weighted by Gasteiger charge is -2.13. The third kappa shape index (κ3) is 4.17. The van der Waals surface area contributed by atoms with Crippen LogP contribution in [0.25, 0.3) is 0 Å². The Bertz CT molecular complexity index is 741. The van der Waals surface area contributed by atoms with Gasteiger partial charge in [0.15, 0.2) is 0 Å². The van der Waals surface area contributed by atoms with Gasteiger partial charge in [0.25, 0.3) is 0 Å². The molecule has 0 spiro atoms. The first kappa shape index (κ1) is 18.5. The van der Waals surface area contributed by atoms with Crippen LogP contribution in [-0.2, 0) is 17.1 Å². The molecule has 9 heteroatoms. The quantitative estimate of drug-likeness (QED) is 0.441. The van der Waals surface area contributed by atoms with Crippen molar-refractivity contribution in [3.8, 4) is 0 Å². The molecule has 0 aromatic heterocycles. The Balaban J connectivity index is 2.34. The Morgan fingerprint density at radius 3 is 1.28 bits per heavy atom. The maximum Gasteiger partial charge on any atom is 0.417 e. The van der Waals surface area contributed by atoms with Gasteiger partial charge < -0.3 is 4.74 Å². The summed E-state index contributed by atoms with van der Waals surface area (Å²) in [6, 6.07) is 6.92. The van der Waals surface area contributed by atoms with Crippen LogP contribution < -0.4 is 0 Å². The first-order chi connectivity index (χ1) is 11.5. The van der Waals surface area contributed by atoms with E-state index in [9.17, 15) is 35.9 Å². The molecule has 2 rings (SSSR count). The number of ether oxygens (including phenoxy) is 1. The highest BCUT2D eigenvalue weighted by atomic mass is 19.4. The summed E-state index contributed by atoms with van der Waals surface area (Å²) in [7, 11) is 0. The van der Waals surface area contributed by atoms with Gasteiger partial charge in [0, 0.05) is 0 Å². The van der Waals surface area contributed by atoms with Crippen LogP contribution in [0.5, 0.6) is 0 Å². The third-order valence-electron chi connectivity index (χ3n) is 3.09. The maximum atomic E-state index is 12.8. The molecule has 0 radical (unpaired) electrons. The highest BCUT2D eigenvalue weighted by Gasteiger charge is 2.38. The highest BCUT2D eigenvalue weighted by Crippen LogP contribution is 2.34. The molecule has 0 heterocycles. The van der Waals surface area contributed by atoms with Crippen molar-refractivity contribution in [1.82, 2.24) is 0 Å². The Hall–Kier alpha value is -2.84. The molecule has 2 aromatic rings. The molecule has 0 aliphatic rings. The van der Waals surface area contributed by atoms with Crippen LogP contribution in [0, 0.1) is 0 Å². The van der Waals surface area contributed by atoms with Crippen LogP contribution in [0.4, 0.5) is 26.3 Å². The van der Waals surface area contributed by atoms with Crippen molar-refractivity contribution >= 4 is 11.9 Å². The van der Waals surface area contributed by atoms with Gasteiger partial charge >= 0.3 is 24.3 Å². The number of halogens is 6. The Labute approximate surface area is 136 Å². The van der Waals surface area contributed by atoms with Crippen LogP contribution >= 0.6 is 0 Å². The lowest BCUT2D eigenvalue weighted by atomic mass is 10.1. The maximum absolute atomic E-state index is 12.8. The van der Waals surface area contributed by atoms with E-state index in [1.54, 1.807) is 0 Å². The molecule has 0 atom stereocenters. The average molecular weight is 362 g/mol. The zero-order chi connectivity index (χ0) is 18.8. The van der Waals surface area contributed by atoms with Gasteiger partial charge in [-0.1, -0.05) is 24.3 Å². The van der Waals surface area contributed by atoms with Crippen LogP contribution in [0.1, 0.15) is 31.8 Å². The van der Waals surface area contributed by atoms with Crippen molar-refractivity contribution in [2.75, 3.05) is 0 Å². The molecule has 0 amide bonds. The number of esters is 2. The predicted octanol–water partition coefficient (Wildman–Crippen LogP) is 4.72. The van der Waals surface area contributed by atoms with Gasteiger partial charge in [0.05, 0.1) is 22.3 Å². The molecule has 0 N–H and O–H groups in total. The van der Waals surface area contributed by atoms with Crippen molar-refractivity contribution in [3.63, 3.8) is 0 Å². The van der Waals surface area contributed by atoms with Crippen LogP contribution in [0.15, 0.2) is 48.5 Å². The van der Waals surface area contributed by atoms with E-state index in [0.29, 0.717) is 12.1 Å². The molecule has 2 aromatic carbocycles. The second-order valence-electron chi connectivity index (χ2n) is 4.76. The first-order valence-corrected chi connectivity index (χ1v) is 6.61. The van der Waals surface area contributed by atoms with Gasteiger partial charge in [0.1, 0.15) is 0 Å². The smallest absolute Gasteiger partial charge is 0.386 e. The summed E-state index contributed by atoms with van der Waals surface area (Å²) in [5.74, 6) is -3.40. The van der Waals surface area contributed by atoms with E-state index >= 15 is 0 Å². The van der Waals surface area contributed by atoms with Crippen LogP contribution in [0.2, 0.25) is 0 Å². The molecular formula is C16H8F6O3. The van der Waals surface area contributed by atoms with Gasteiger partial charge in [-0.05, 0) is 24.3 Å². The van der Waals surface area contributed by atoms with E-state index in [1.807, 2.05) is 0 Å². The molecular weight excluding hydrogens is 354 g/mol. The molecule has 0 unspecified atom stereocenters. The monoisotopic (exact) mass is 362 g/mol. The van der Waals surface area contributed by atoms with Gasteiger partial charge in [-0.2, -0.15) is 26.3 Å². The summed E-state index contributed by atoms with van der Waals surface area (Å²) in [6.45, 7) is 0. The minimum absolute atomic E-state index is 0.588. The molecule has 0 bridgehead atoms. The Kier molecular flexibility index (Phi) is 4.87. The van der Waals surface area contributed by atoms with Gasteiger partial charge in [-0.25, -0.2) is 9.59 Å². The van der Waals surface area contributed by atoms with E-state index in [0.717, 1.165) is 36.4 Å². The van der Waals surface area contributed by atoms with E-state index in [2.05, 4.69) is 4.74 Å². The summed E-state index contributed by atoms with van der Waals surface area (Å²) in [4.78, 5) is 23.7. The molecule has 0 saturated carbocycles. The fourth-order valence-corrected chi connectivity index (χ4v) is 2.01. The zero-order valence-electron chi connectivity index (χ0n) is 12.1. The fourth-order valence-electron chi connectivity index (χ4n) is 2.01. The van der Waals surface area contributed by atoms with E-state index in [4.69, 9.17) is 0 Å². The molecule has 0 fully saturated rings. The average Bonchev–Trinajstić information content (AvgIpc) is 2.53. The van der Waals surface area contributed by atoms with Gasteiger partial charge in [-0.3, -0.25) is 0 Å². The molecule has 3 nitrogen and oxygen atoms in total. The van der Waals surface area contributed by atoms with Gasteiger partial charge in [0.2, 0.25) is 0 Å². The third-order valence-corrected chi connectivity index (χ3v) is 3.09. The largest absolute Gasteiger partial charge is 0.417 e. The van der Waals surface area contributed by atoms with Crippen LogP contribution in [-0.4, -0.2) is 11.9 Å². The van der Waals surface area contributed by atoms with Crippen molar-refractivity contribution in [1.29, 1.82) is 0 Å². The van der Waals surface area contributed by atoms with Crippen molar-refractivity contribution in [2.45, 2.75) is 12.4 Å². The number of alkyl halides is 6. The first-order valence-electron chi connectivity index (χ1n) is 6.61. The lowest BCUT2D eigenvalue weighted by Crippen LogP contribution is -2.20. The SMILES string of the molecule is O=C(OC(=O)c1ccccc1C(F)(F)F)c1ccccc1C(F)(F)F. The highest BCUT2D eigenvalue weighted by molar-refractivity contribution is 6.04. The van der Waals surface area contributed by atoms with E-state index in [1.165, 1.54) is 0 Å². The standard InChI is InChI=1S/C16H8F6O3/c17-15(18,19)11-7-3-1-5-9(11)13(23)25-14(24)10-6-2-4-8-12(10)16(20,21)22/h1-8H. The molecule has 0 saturated heterocycles. The fraction of sp³-hybridized carbons (Fsp3) is 0.125. The Morgan fingerprint density at radius 1 is 0.640 bits per heavy atom. The van der Waals surface area contributed by atoms with Crippen molar-refractivity contribution < 1.29 is 40.7 Å². The lowest BCUT2D eigenvalue weighted by molar-refractivity contribution is -0.138. The number of benzene rings is 2. The topological polar surface area (TPSA) is 43.4 Å². The van der Waals surface area contributed by atoms with Gasteiger partial charge in [-0.15, -0.1) is 0 Å². The summed E-state index contributed by atoms with van der Waals surface area (Å²) in [5, 5.41) is 0. The number of rotatable bonds is 2. The molecule has 25 heavy (non-hydrogen) atoms. The summed E-state index contributed by atoms with van der Waals surface area (Å²) >= 11 is 0. The summed E-state index contributed by atoms with van der Waals surface area (Å²) in [5.41, 5.74) is -4.69. The Morgan fingerprint density at radius 2 is 0.960 bits per heavy atom. The minimum Gasteiger partial charge on any atom is -0.386 e. The molecule has 132 valence electrons. The van der Waals surface area contributed by atoms with Crippen LogP contribution in [0.3, 0.4) is 0 Å². The zero-order valence-corrected chi connectivity index (χ0v) is 12.1. The minimum atomic E-state index is -4.90. The van der Waals surface area contributed by atoms with Crippen molar-refractivity contribution in [2.24, 2.45) is 0 Å².